The van der Waals surface area contributed by atoms with Crippen molar-refractivity contribution < 1.29 is 4.79 Å². The Kier molecular flexibility index (Phi) is 5.76. The predicted molar refractivity (Wildman–Crippen MR) is 113 cm³/mol. The molecule has 1 atom stereocenters. The number of nitriles is 1. The second kappa shape index (κ2) is 8.46. The third kappa shape index (κ3) is 4.40. The van der Waals surface area contributed by atoms with Crippen LogP contribution in [0.4, 0.5) is 5.95 Å². The molecule has 2 aromatic rings. The highest BCUT2D eigenvalue weighted by Gasteiger charge is 2.43. The van der Waals surface area contributed by atoms with Crippen molar-refractivity contribution in [1.82, 2.24) is 20.1 Å². The lowest BCUT2D eigenvalue weighted by Gasteiger charge is -2.27. The lowest BCUT2D eigenvalue weighted by Crippen LogP contribution is -2.47. The van der Waals surface area contributed by atoms with Gasteiger partial charge >= 0.3 is 0 Å². The van der Waals surface area contributed by atoms with Gasteiger partial charge in [-0.3, -0.25) is 9.36 Å². The van der Waals surface area contributed by atoms with E-state index in [0.29, 0.717) is 5.16 Å². The number of hydrogen-bond donors (Lipinski definition) is 1. The highest BCUT2D eigenvalue weighted by atomic mass is 32.2. The number of aromatic nitrogens is 3. The number of nitrogens with one attached hydrogen (secondary N) is 1. The van der Waals surface area contributed by atoms with Crippen LogP contribution in [0.5, 0.6) is 0 Å². The quantitative estimate of drug-likeness (QED) is 0.706. The van der Waals surface area contributed by atoms with E-state index in [2.05, 4.69) is 26.5 Å². The van der Waals surface area contributed by atoms with Crippen molar-refractivity contribution in [2.75, 3.05) is 23.7 Å². The summed E-state index contributed by atoms with van der Waals surface area (Å²) in [4.78, 5) is 14.8. The van der Waals surface area contributed by atoms with Crippen LogP contribution in [0.15, 0.2) is 35.5 Å². The van der Waals surface area contributed by atoms with Gasteiger partial charge in [-0.1, -0.05) is 30.0 Å². The number of nitrogens with zero attached hydrogens (tertiary/aromatic N) is 5. The minimum absolute atomic E-state index is 0.145. The summed E-state index contributed by atoms with van der Waals surface area (Å²) < 4.78 is 2.04. The van der Waals surface area contributed by atoms with Crippen molar-refractivity contribution in [2.24, 2.45) is 5.92 Å². The maximum atomic E-state index is 12.5. The molecule has 2 aliphatic rings. The Bertz CT molecular complexity index is 898. The van der Waals surface area contributed by atoms with Gasteiger partial charge in [0, 0.05) is 13.1 Å². The van der Waals surface area contributed by atoms with E-state index >= 15 is 0 Å². The van der Waals surface area contributed by atoms with Gasteiger partial charge in [-0.05, 0) is 57.1 Å². The van der Waals surface area contributed by atoms with Gasteiger partial charge in [0.2, 0.25) is 11.9 Å². The fourth-order valence-corrected chi connectivity index (χ4v) is 4.54. The van der Waals surface area contributed by atoms with Gasteiger partial charge in [-0.15, -0.1) is 10.2 Å². The fourth-order valence-electron chi connectivity index (χ4n) is 3.80. The third-order valence-electron chi connectivity index (χ3n) is 5.63. The minimum atomic E-state index is -0.774. The number of hydrogen-bond acceptors (Lipinski definition) is 6. The number of benzene rings is 1. The van der Waals surface area contributed by atoms with Crippen molar-refractivity contribution in [1.29, 1.82) is 5.26 Å². The smallest absolute Gasteiger partial charge is 0.232 e. The topological polar surface area (TPSA) is 86.8 Å². The van der Waals surface area contributed by atoms with Crippen LogP contribution in [-0.2, 0) is 4.79 Å². The molecule has 0 unspecified atom stereocenters. The summed E-state index contributed by atoms with van der Waals surface area (Å²) in [6.45, 7) is 3.75. The Balaban J connectivity index is 1.52. The first-order valence-corrected chi connectivity index (χ1v) is 11.2. The van der Waals surface area contributed by atoms with Crippen LogP contribution >= 0.6 is 11.8 Å². The van der Waals surface area contributed by atoms with Gasteiger partial charge in [-0.25, -0.2) is 0 Å². The monoisotopic (exact) mass is 410 g/mol. The number of amides is 1. The van der Waals surface area contributed by atoms with Crippen molar-refractivity contribution in [3.8, 4) is 11.8 Å². The lowest BCUT2D eigenvalue weighted by molar-refractivity contribution is -0.119. The molecule has 1 N–H and O–H groups in total. The number of piperidine rings is 1. The van der Waals surface area contributed by atoms with E-state index in [1.807, 2.05) is 41.8 Å². The minimum Gasteiger partial charge on any atom is -0.341 e. The number of carbonyl (C=O) groups is 1. The van der Waals surface area contributed by atoms with E-state index in [9.17, 15) is 10.1 Å². The summed E-state index contributed by atoms with van der Waals surface area (Å²) in [6.07, 6.45) is 5.55. The van der Waals surface area contributed by atoms with Crippen LogP contribution in [0.1, 0.15) is 39.0 Å². The molecule has 1 aromatic carbocycles. The number of thioether (sulfide) groups is 1. The van der Waals surface area contributed by atoms with Gasteiger partial charge in [-0.2, -0.15) is 5.26 Å². The van der Waals surface area contributed by atoms with E-state index in [1.165, 1.54) is 18.2 Å². The molecule has 4 rings (SSSR count). The van der Waals surface area contributed by atoms with Crippen LogP contribution in [0, 0.1) is 17.2 Å². The molecule has 29 heavy (non-hydrogen) atoms. The molecule has 1 aliphatic heterocycles. The second-order valence-electron chi connectivity index (χ2n) is 7.93. The molecule has 1 aromatic heterocycles. The second-order valence-corrected chi connectivity index (χ2v) is 8.87. The normalized spacial score (nSPS) is 18.7. The summed E-state index contributed by atoms with van der Waals surface area (Å²) in [5.41, 5.74) is 0.213. The SMILES string of the molecule is C[C@@](C#N)(NC(=O)CSc1nnc(N2CCCCC2)n1-c1ccccc1)C1CC1. The van der Waals surface area contributed by atoms with E-state index < -0.39 is 5.54 Å². The standard InChI is InChI=1S/C21H26N6OS/c1-21(15-22,16-10-11-16)23-18(28)14-29-20-25-24-19(26-12-6-3-7-13-26)27(20)17-8-4-2-5-9-17/h2,4-5,8-9,16H,3,6-7,10-14H2,1H3,(H,23,28)/t21-/m0/s1. The van der Waals surface area contributed by atoms with Crippen LogP contribution in [-0.4, -0.2) is 45.1 Å². The molecule has 8 heteroatoms. The number of rotatable bonds is 7. The summed E-state index contributed by atoms with van der Waals surface area (Å²) in [6, 6.07) is 12.3. The maximum Gasteiger partial charge on any atom is 0.232 e. The number of anilines is 1. The number of para-hydroxylation sites is 1. The van der Waals surface area contributed by atoms with Crippen molar-refractivity contribution in [2.45, 2.75) is 49.7 Å². The Labute approximate surface area is 175 Å². The molecular weight excluding hydrogens is 384 g/mol. The van der Waals surface area contributed by atoms with Gasteiger partial charge in [0.1, 0.15) is 5.54 Å². The Hall–Kier alpha value is -2.53. The summed E-state index contributed by atoms with van der Waals surface area (Å²) >= 11 is 1.36. The lowest BCUT2D eigenvalue weighted by atomic mass is 9.98. The first kappa shape index (κ1) is 19.8. The van der Waals surface area contributed by atoms with Gasteiger partial charge < -0.3 is 10.2 Å². The Morgan fingerprint density at radius 3 is 2.62 bits per heavy atom. The zero-order chi connectivity index (χ0) is 20.3. The maximum absolute atomic E-state index is 12.5. The van der Waals surface area contributed by atoms with E-state index in [1.54, 1.807) is 0 Å². The van der Waals surface area contributed by atoms with Crippen molar-refractivity contribution >= 4 is 23.6 Å². The van der Waals surface area contributed by atoms with Crippen LogP contribution < -0.4 is 10.2 Å². The van der Waals surface area contributed by atoms with E-state index in [4.69, 9.17) is 0 Å². The van der Waals surface area contributed by atoms with Crippen LogP contribution in [0.3, 0.4) is 0 Å². The summed E-state index contributed by atoms with van der Waals surface area (Å²) in [5, 5.41) is 21.9. The van der Waals surface area contributed by atoms with Crippen molar-refractivity contribution in [3.05, 3.63) is 30.3 Å². The fraction of sp³-hybridized carbons (Fsp3) is 0.524. The summed E-state index contributed by atoms with van der Waals surface area (Å²) in [5.74, 6) is 1.15. The molecule has 7 nitrogen and oxygen atoms in total. The predicted octanol–water partition coefficient (Wildman–Crippen LogP) is 3.16. The van der Waals surface area contributed by atoms with Gasteiger partial charge in [0.15, 0.2) is 5.16 Å². The largest absolute Gasteiger partial charge is 0.341 e. The van der Waals surface area contributed by atoms with Crippen LogP contribution in [0.25, 0.3) is 5.69 Å². The third-order valence-corrected chi connectivity index (χ3v) is 6.56. The number of carbonyl (C=O) groups excluding carboxylic acids is 1. The van der Waals surface area contributed by atoms with Crippen LogP contribution in [0.2, 0.25) is 0 Å². The molecule has 1 saturated heterocycles. The zero-order valence-electron chi connectivity index (χ0n) is 16.7. The van der Waals surface area contributed by atoms with Crippen molar-refractivity contribution in [3.63, 3.8) is 0 Å². The Morgan fingerprint density at radius 1 is 1.24 bits per heavy atom. The first-order valence-electron chi connectivity index (χ1n) is 10.2. The van der Waals surface area contributed by atoms with Gasteiger partial charge in [0.05, 0.1) is 17.5 Å². The first-order chi connectivity index (χ1) is 14.1. The molecule has 1 amide bonds. The molecule has 1 saturated carbocycles. The average Bonchev–Trinajstić information content (AvgIpc) is 3.54. The molecule has 2 fully saturated rings. The molecule has 1 aliphatic carbocycles. The van der Waals surface area contributed by atoms with Gasteiger partial charge in [0.25, 0.3) is 0 Å². The molecular formula is C21H26N6OS. The highest BCUT2D eigenvalue weighted by molar-refractivity contribution is 7.99. The molecule has 0 spiro atoms. The summed E-state index contributed by atoms with van der Waals surface area (Å²) in [7, 11) is 0. The molecule has 2 heterocycles. The molecule has 0 radical (unpaired) electrons. The molecule has 152 valence electrons. The average molecular weight is 411 g/mol. The van der Waals surface area contributed by atoms with E-state index in [-0.39, 0.29) is 17.6 Å². The highest BCUT2D eigenvalue weighted by Crippen LogP contribution is 2.39. The molecule has 0 bridgehead atoms. The van der Waals surface area contributed by atoms with E-state index in [0.717, 1.165) is 50.4 Å². The Morgan fingerprint density at radius 2 is 1.97 bits per heavy atom. The zero-order valence-corrected chi connectivity index (χ0v) is 17.5.